The van der Waals surface area contributed by atoms with Crippen LogP contribution in [0.2, 0.25) is 0 Å². The molecule has 2 nitrogen and oxygen atoms in total. The zero-order valence-electron chi connectivity index (χ0n) is 5.09. The number of nitrogens with one attached hydrogen (secondary N) is 1. The van der Waals surface area contributed by atoms with Gasteiger partial charge in [0.2, 0.25) is 0 Å². The van der Waals surface area contributed by atoms with Crippen molar-refractivity contribution in [3.8, 4) is 0 Å². The van der Waals surface area contributed by atoms with Gasteiger partial charge in [0.25, 0.3) is 0 Å². The largest absolute Gasteiger partial charge is 0.383 e. The highest BCUT2D eigenvalue weighted by Crippen LogP contribution is 2.10. The Hall–Kier alpha value is -1.05. The molecule has 0 fully saturated rings. The lowest BCUT2D eigenvalue weighted by Gasteiger charge is -2.08. The van der Waals surface area contributed by atoms with Crippen molar-refractivity contribution < 1.29 is 0 Å². The van der Waals surface area contributed by atoms with Gasteiger partial charge in [0.05, 0.1) is 6.54 Å². The number of nitrogens with zero attached hydrogens (tertiary/aromatic N) is 1. The highest BCUT2D eigenvalue weighted by molar-refractivity contribution is 5.86. The summed E-state index contributed by atoms with van der Waals surface area (Å²) >= 11 is 0. The molecule has 2 aliphatic rings. The Morgan fingerprint density at radius 1 is 1.56 bits per heavy atom. The fourth-order valence-corrected chi connectivity index (χ4v) is 1.07. The summed E-state index contributed by atoms with van der Waals surface area (Å²) in [6.45, 7) is 1.81. The summed E-state index contributed by atoms with van der Waals surface area (Å²) in [5.74, 6) is 0. The number of rotatable bonds is 0. The first-order valence-electron chi connectivity index (χ1n) is 3.10. The Labute approximate surface area is 54.0 Å². The monoisotopic (exact) mass is 120 g/mol. The highest BCUT2D eigenvalue weighted by atomic mass is 14.9. The van der Waals surface area contributed by atoms with Gasteiger partial charge in [0.15, 0.2) is 0 Å². The van der Waals surface area contributed by atoms with E-state index in [2.05, 4.69) is 22.5 Å². The lowest BCUT2D eigenvalue weighted by molar-refractivity contribution is 0.860. The predicted molar refractivity (Wildman–Crippen MR) is 37.5 cm³/mol. The van der Waals surface area contributed by atoms with E-state index in [1.165, 1.54) is 11.3 Å². The van der Waals surface area contributed by atoms with Crippen molar-refractivity contribution in [2.45, 2.75) is 0 Å². The zero-order valence-corrected chi connectivity index (χ0v) is 5.09. The Balaban J connectivity index is 2.35. The van der Waals surface area contributed by atoms with Crippen LogP contribution >= 0.6 is 0 Å². The number of aliphatic imine (C=N–C) groups is 1. The van der Waals surface area contributed by atoms with Crippen molar-refractivity contribution in [1.82, 2.24) is 5.32 Å². The van der Waals surface area contributed by atoms with Gasteiger partial charge in [0, 0.05) is 24.0 Å². The molecule has 2 heteroatoms. The second-order valence-corrected chi connectivity index (χ2v) is 2.19. The number of allylic oxidation sites excluding steroid dienone is 2. The maximum atomic E-state index is 4.12. The molecule has 0 aromatic carbocycles. The van der Waals surface area contributed by atoms with Crippen LogP contribution in [0.3, 0.4) is 0 Å². The van der Waals surface area contributed by atoms with Crippen LogP contribution in [0.15, 0.2) is 28.4 Å². The van der Waals surface area contributed by atoms with E-state index < -0.39 is 0 Å². The molecule has 0 amide bonds. The molecule has 2 rings (SSSR count). The lowest BCUT2D eigenvalue weighted by Crippen LogP contribution is -2.17. The van der Waals surface area contributed by atoms with Gasteiger partial charge in [-0.2, -0.15) is 0 Å². The lowest BCUT2D eigenvalue weighted by atomic mass is 10.2. The molecular formula is C7H8N2. The van der Waals surface area contributed by atoms with Crippen LogP contribution in [-0.4, -0.2) is 19.3 Å². The smallest absolute Gasteiger partial charge is 0.0793 e. The molecule has 0 aromatic rings. The van der Waals surface area contributed by atoms with Crippen LogP contribution in [0.5, 0.6) is 0 Å². The zero-order chi connectivity index (χ0) is 6.10. The van der Waals surface area contributed by atoms with Crippen molar-refractivity contribution in [1.29, 1.82) is 0 Å². The first kappa shape index (κ1) is 4.79. The summed E-state index contributed by atoms with van der Waals surface area (Å²) in [5.41, 5.74) is 2.53. The third kappa shape index (κ3) is 0.669. The van der Waals surface area contributed by atoms with Crippen molar-refractivity contribution >= 4 is 6.21 Å². The normalized spacial score (nSPS) is 22.2. The quantitative estimate of drug-likeness (QED) is 0.494. The molecule has 0 spiro atoms. The maximum Gasteiger partial charge on any atom is 0.0793 e. The summed E-state index contributed by atoms with van der Waals surface area (Å²) in [5, 5.41) is 3.25. The van der Waals surface area contributed by atoms with Gasteiger partial charge < -0.3 is 5.32 Å². The number of dihydropyridines is 1. The molecule has 0 saturated carbocycles. The van der Waals surface area contributed by atoms with E-state index in [0.717, 1.165) is 13.1 Å². The second kappa shape index (κ2) is 1.72. The standard InChI is InChI=1S/C7H8N2/c1-2-6-4-8-5-7(6)9-3-1/h1-2,4,9H,3,5H2. The molecule has 0 aromatic heterocycles. The Morgan fingerprint density at radius 2 is 2.56 bits per heavy atom. The number of hydrogen-bond acceptors (Lipinski definition) is 2. The minimum Gasteiger partial charge on any atom is -0.383 e. The second-order valence-electron chi connectivity index (χ2n) is 2.19. The van der Waals surface area contributed by atoms with Gasteiger partial charge in [-0.1, -0.05) is 12.2 Å². The Bertz CT molecular complexity index is 211. The first-order valence-corrected chi connectivity index (χ1v) is 3.10. The minimum absolute atomic E-state index is 0.847. The van der Waals surface area contributed by atoms with Crippen LogP contribution in [0.1, 0.15) is 0 Å². The molecule has 0 atom stereocenters. The van der Waals surface area contributed by atoms with Gasteiger partial charge >= 0.3 is 0 Å². The van der Waals surface area contributed by atoms with Gasteiger partial charge in [-0.3, -0.25) is 4.99 Å². The molecule has 0 radical (unpaired) electrons. The summed E-state index contributed by atoms with van der Waals surface area (Å²) < 4.78 is 0. The van der Waals surface area contributed by atoms with E-state index in [-0.39, 0.29) is 0 Å². The SMILES string of the molecule is C1=CC2=C(CN=C2)NC1. The molecule has 0 bridgehead atoms. The molecule has 1 N–H and O–H groups in total. The minimum atomic E-state index is 0.847. The molecule has 2 aliphatic heterocycles. The molecule has 0 aliphatic carbocycles. The predicted octanol–water partition coefficient (Wildman–Crippen LogP) is 0.484. The third-order valence-electron chi connectivity index (χ3n) is 1.56. The van der Waals surface area contributed by atoms with Crippen molar-refractivity contribution in [3.63, 3.8) is 0 Å². The van der Waals surface area contributed by atoms with E-state index in [1.807, 2.05) is 6.21 Å². The van der Waals surface area contributed by atoms with Crippen LogP contribution in [0.4, 0.5) is 0 Å². The van der Waals surface area contributed by atoms with E-state index in [9.17, 15) is 0 Å². The van der Waals surface area contributed by atoms with Crippen LogP contribution in [-0.2, 0) is 0 Å². The molecule has 46 valence electrons. The fourth-order valence-electron chi connectivity index (χ4n) is 1.07. The first-order chi connectivity index (χ1) is 4.47. The highest BCUT2D eigenvalue weighted by Gasteiger charge is 2.08. The van der Waals surface area contributed by atoms with E-state index in [1.54, 1.807) is 0 Å². The maximum absolute atomic E-state index is 4.12. The molecule has 2 heterocycles. The van der Waals surface area contributed by atoms with E-state index >= 15 is 0 Å². The van der Waals surface area contributed by atoms with Gasteiger partial charge in [-0.05, 0) is 0 Å². The number of hydrogen-bond donors (Lipinski definition) is 1. The van der Waals surface area contributed by atoms with Crippen molar-refractivity contribution in [2.75, 3.05) is 13.1 Å². The fraction of sp³-hybridized carbons (Fsp3) is 0.286. The van der Waals surface area contributed by atoms with Crippen molar-refractivity contribution in [2.24, 2.45) is 4.99 Å². The van der Waals surface area contributed by atoms with Crippen LogP contribution < -0.4 is 5.32 Å². The van der Waals surface area contributed by atoms with Gasteiger partial charge in [-0.25, -0.2) is 0 Å². The third-order valence-corrected chi connectivity index (χ3v) is 1.56. The Morgan fingerprint density at radius 3 is 3.44 bits per heavy atom. The summed E-state index contributed by atoms with van der Waals surface area (Å²) in [6, 6.07) is 0. The molecule has 0 unspecified atom stereocenters. The van der Waals surface area contributed by atoms with Gasteiger partial charge in [0.1, 0.15) is 0 Å². The van der Waals surface area contributed by atoms with E-state index in [4.69, 9.17) is 0 Å². The Kier molecular flexibility index (Phi) is 0.918. The molecular weight excluding hydrogens is 112 g/mol. The summed E-state index contributed by atoms with van der Waals surface area (Å²) in [4.78, 5) is 4.12. The van der Waals surface area contributed by atoms with Crippen molar-refractivity contribution in [3.05, 3.63) is 23.4 Å². The van der Waals surface area contributed by atoms with Crippen LogP contribution in [0.25, 0.3) is 0 Å². The van der Waals surface area contributed by atoms with Gasteiger partial charge in [-0.15, -0.1) is 0 Å². The van der Waals surface area contributed by atoms with E-state index in [0.29, 0.717) is 0 Å². The van der Waals surface area contributed by atoms with Crippen LogP contribution in [0, 0.1) is 0 Å². The molecule has 9 heavy (non-hydrogen) atoms. The topological polar surface area (TPSA) is 24.4 Å². The summed E-state index contributed by atoms with van der Waals surface area (Å²) in [7, 11) is 0. The molecule has 0 saturated heterocycles. The summed E-state index contributed by atoms with van der Waals surface area (Å²) in [6.07, 6.45) is 6.14. The average Bonchev–Trinajstić information content (AvgIpc) is 2.33. The average molecular weight is 120 g/mol.